The average molecular weight is 340 g/mol. The maximum Gasteiger partial charge on any atom is 0.239 e. The van der Waals surface area contributed by atoms with Crippen molar-refractivity contribution >= 4 is 23.2 Å². The molecule has 0 atom stereocenters. The first-order valence-electron chi connectivity index (χ1n) is 8.08. The van der Waals surface area contributed by atoms with Crippen LogP contribution in [0.3, 0.4) is 0 Å². The third-order valence-electron chi connectivity index (χ3n) is 4.01. The van der Waals surface area contributed by atoms with Gasteiger partial charge < -0.3 is 15.4 Å². The average Bonchev–Trinajstić information content (AvgIpc) is 2.55. The van der Waals surface area contributed by atoms with E-state index in [-0.39, 0.29) is 5.91 Å². The van der Waals surface area contributed by atoms with Crippen LogP contribution in [0.1, 0.15) is 25.0 Å². The van der Waals surface area contributed by atoms with Crippen molar-refractivity contribution in [2.45, 2.75) is 27.7 Å². The van der Waals surface area contributed by atoms with Crippen molar-refractivity contribution in [3.63, 3.8) is 0 Å². The van der Waals surface area contributed by atoms with Gasteiger partial charge in [0.2, 0.25) is 11.8 Å². The van der Waals surface area contributed by atoms with Crippen LogP contribution in [0.2, 0.25) is 0 Å². The number of hydrogen-bond donors (Lipinski definition) is 2. The number of methoxy groups -OCH3 is 1. The van der Waals surface area contributed by atoms with Crippen molar-refractivity contribution in [1.29, 1.82) is 0 Å². The molecule has 5 heteroatoms. The van der Waals surface area contributed by atoms with Gasteiger partial charge in [0.05, 0.1) is 12.8 Å². The molecule has 2 rings (SSSR count). The summed E-state index contributed by atoms with van der Waals surface area (Å²) in [6, 6.07) is 12.9. The molecule has 2 N–H and O–H groups in total. The zero-order chi connectivity index (χ0) is 18.6. The summed E-state index contributed by atoms with van der Waals surface area (Å²) in [6.07, 6.45) is 0. The minimum absolute atomic E-state index is 0.373. The van der Waals surface area contributed by atoms with Gasteiger partial charge in [0.1, 0.15) is 11.2 Å². The molecule has 0 spiro atoms. The molecule has 0 bridgehead atoms. The van der Waals surface area contributed by atoms with Crippen LogP contribution in [-0.4, -0.2) is 18.9 Å². The van der Waals surface area contributed by atoms with Gasteiger partial charge in [-0.1, -0.05) is 18.2 Å². The lowest BCUT2D eigenvalue weighted by Gasteiger charge is -2.23. The number of benzene rings is 2. The largest absolute Gasteiger partial charge is 0.495 e. The molecule has 0 saturated carbocycles. The van der Waals surface area contributed by atoms with E-state index in [0.29, 0.717) is 17.1 Å². The van der Waals surface area contributed by atoms with Crippen LogP contribution in [0.15, 0.2) is 42.5 Å². The molecule has 132 valence electrons. The minimum atomic E-state index is -1.25. The zero-order valence-electron chi connectivity index (χ0n) is 15.3. The summed E-state index contributed by atoms with van der Waals surface area (Å²) in [5, 5.41) is 5.59. The zero-order valence-corrected chi connectivity index (χ0v) is 15.3. The molecule has 2 aromatic carbocycles. The summed E-state index contributed by atoms with van der Waals surface area (Å²) < 4.78 is 5.27. The normalized spacial score (nSPS) is 10.9. The summed E-state index contributed by atoms with van der Waals surface area (Å²) in [5.74, 6) is -0.224. The fourth-order valence-electron chi connectivity index (χ4n) is 2.31. The number of hydrogen-bond acceptors (Lipinski definition) is 3. The fraction of sp³-hybridized carbons (Fsp3) is 0.300. The van der Waals surface area contributed by atoms with Crippen LogP contribution < -0.4 is 15.4 Å². The molecule has 0 fully saturated rings. The number of ether oxygens (including phenoxy) is 1. The number of amides is 2. The highest BCUT2D eigenvalue weighted by Crippen LogP contribution is 2.28. The van der Waals surface area contributed by atoms with E-state index in [2.05, 4.69) is 10.6 Å². The molecule has 0 radical (unpaired) electrons. The van der Waals surface area contributed by atoms with Crippen LogP contribution in [0, 0.1) is 19.3 Å². The Bertz CT molecular complexity index is 797. The highest BCUT2D eigenvalue weighted by Gasteiger charge is 2.36. The molecule has 0 heterocycles. The molecule has 0 saturated heterocycles. The van der Waals surface area contributed by atoms with Crippen molar-refractivity contribution in [3.05, 3.63) is 53.6 Å². The van der Waals surface area contributed by atoms with E-state index in [4.69, 9.17) is 4.74 Å². The fourth-order valence-corrected chi connectivity index (χ4v) is 2.31. The van der Waals surface area contributed by atoms with E-state index in [9.17, 15) is 9.59 Å². The molecular weight excluding hydrogens is 316 g/mol. The van der Waals surface area contributed by atoms with E-state index < -0.39 is 11.3 Å². The van der Waals surface area contributed by atoms with E-state index in [0.717, 1.165) is 11.1 Å². The summed E-state index contributed by atoms with van der Waals surface area (Å²) in [6.45, 7) is 7.05. The Hall–Kier alpha value is -2.82. The minimum Gasteiger partial charge on any atom is -0.495 e. The first kappa shape index (κ1) is 18.5. The molecule has 0 aliphatic rings. The molecule has 0 aliphatic carbocycles. The van der Waals surface area contributed by atoms with Crippen LogP contribution in [0.25, 0.3) is 0 Å². The van der Waals surface area contributed by atoms with Crippen LogP contribution in [0.4, 0.5) is 11.4 Å². The Morgan fingerprint density at radius 2 is 1.56 bits per heavy atom. The molecule has 0 aliphatic heterocycles. The second-order valence-corrected chi connectivity index (χ2v) is 6.61. The highest BCUT2D eigenvalue weighted by molar-refractivity contribution is 6.14. The van der Waals surface area contributed by atoms with Gasteiger partial charge in [-0.3, -0.25) is 9.59 Å². The molecule has 2 amide bonds. The van der Waals surface area contributed by atoms with Crippen molar-refractivity contribution in [2.75, 3.05) is 17.7 Å². The number of anilines is 2. The molecule has 0 aromatic heterocycles. The SMILES string of the molecule is COc1ccc(C)cc1NC(=O)C(C)(C)C(=O)Nc1cccc(C)c1. The second kappa shape index (κ2) is 7.38. The van der Waals surface area contributed by atoms with Gasteiger partial charge in [0.25, 0.3) is 0 Å². The summed E-state index contributed by atoms with van der Waals surface area (Å²) in [7, 11) is 1.54. The predicted molar refractivity (Wildman–Crippen MR) is 100.0 cm³/mol. The van der Waals surface area contributed by atoms with Gasteiger partial charge in [0.15, 0.2) is 0 Å². The summed E-state index contributed by atoms with van der Waals surface area (Å²) in [5.41, 5.74) is 1.98. The Morgan fingerprint density at radius 3 is 2.20 bits per heavy atom. The van der Waals surface area contributed by atoms with Crippen molar-refractivity contribution in [3.8, 4) is 5.75 Å². The Labute approximate surface area is 148 Å². The lowest BCUT2D eigenvalue weighted by Crippen LogP contribution is -2.41. The third-order valence-corrected chi connectivity index (χ3v) is 4.01. The van der Waals surface area contributed by atoms with Crippen molar-refractivity contribution in [2.24, 2.45) is 5.41 Å². The summed E-state index contributed by atoms with van der Waals surface area (Å²) in [4.78, 5) is 25.3. The number of nitrogens with one attached hydrogen (secondary N) is 2. The van der Waals surface area contributed by atoms with Gasteiger partial charge in [-0.25, -0.2) is 0 Å². The van der Waals surface area contributed by atoms with Crippen LogP contribution in [0.5, 0.6) is 5.75 Å². The molecule has 2 aromatic rings. The van der Waals surface area contributed by atoms with E-state index in [1.54, 1.807) is 26.0 Å². The quantitative estimate of drug-likeness (QED) is 0.811. The predicted octanol–water partition coefficient (Wildman–Crippen LogP) is 3.92. The smallest absolute Gasteiger partial charge is 0.239 e. The van der Waals surface area contributed by atoms with Gasteiger partial charge >= 0.3 is 0 Å². The summed E-state index contributed by atoms with van der Waals surface area (Å²) >= 11 is 0. The number of carbonyl (C=O) groups excluding carboxylic acids is 2. The molecule has 5 nitrogen and oxygen atoms in total. The second-order valence-electron chi connectivity index (χ2n) is 6.61. The van der Waals surface area contributed by atoms with Gasteiger partial charge in [-0.15, -0.1) is 0 Å². The van der Waals surface area contributed by atoms with E-state index in [1.807, 2.05) is 44.2 Å². The highest BCUT2D eigenvalue weighted by atomic mass is 16.5. The molecule has 0 unspecified atom stereocenters. The number of carbonyl (C=O) groups is 2. The maximum absolute atomic E-state index is 12.7. The van der Waals surface area contributed by atoms with Crippen LogP contribution >= 0.6 is 0 Å². The Morgan fingerprint density at radius 1 is 0.920 bits per heavy atom. The van der Waals surface area contributed by atoms with Crippen molar-refractivity contribution in [1.82, 2.24) is 0 Å². The molecular formula is C20H24N2O3. The maximum atomic E-state index is 12.7. The van der Waals surface area contributed by atoms with Crippen LogP contribution in [-0.2, 0) is 9.59 Å². The Kier molecular flexibility index (Phi) is 5.47. The first-order valence-corrected chi connectivity index (χ1v) is 8.08. The number of aryl methyl sites for hydroxylation is 2. The van der Waals surface area contributed by atoms with Crippen molar-refractivity contribution < 1.29 is 14.3 Å². The third kappa shape index (κ3) is 4.38. The number of rotatable bonds is 5. The van der Waals surface area contributed by atoms with Gasteiger partial charge in [-0.2, -0.15) is 0 Å². The standard InChI is InChI=1S/C20H24N2O3/c1-13-7-6-8-15(11-13)21-18(23)20(3,4)19(24)22-16-12-14(2)9-10-17(16)25-5/h6-12H,1-5H3,(H,21,23)(H,22,24). The van der Waals surface area contributed by atoms with Gasteiger partial charge in [0, 0.05) is 5.69 Å². The molecule has 25 heavy (non-hydrogen) atoms. The van der Waals surface area contributed by atoms with E-state index in [1.165, 1.54) is 7.11 Å². The van der Waals surface area contributed by atoms with Gasteiger partial charge in [-0.05, 0) is 63.1 Å². The topological polar surface area (TPSA) is 67.4 Å². The first-order chi connectivity index (χ1) is 11.7. The lowest BCUT2D eigenvalue weighted by atomic mass is 9.90. The monoisotopic (exact) mass is 340 g/mol. The Balaban J connectivity index is 2.16. The van der Waals surface area contributed by atoms with E-state index >= 15 is 0 Å². The lowest BCUT2D eigenvalue weighted by molar-refractivity contribution is -0.135.